The van der Waals surface area contributed by atoms with Gasteiger partial charge in [0.15, 0.2) is 13.8 Å². The molecule has 1 aliphatic carbocycles. The van der Waals surface area contributed by atoms with Gasteiger partial charge in [-0.2, -0.15) is 0 Å². The van der Waals surface area contributed by atoms with Crippen molar-refractivity contribution >= 4 is 47.2 Å². The highest BCUT2D eigenvalue weighted by molar-refractivity contribution is 7.92. The molecule has 10 nitrogen and oxygen atoms in total. The normalized spacial score (nSPS) is 18.1. The van der Waals surface area contributed by atoms with Gasteiger partial charge in [0.1, 0.15) is 0 Å². The molecule has 0 bridgehead atoms. The Labute approximate surface area is 231 Å². The number of aromatic nitrogens is 1. The molecule has 2 aliphatic rings. The summed E-state index contributed by atoms with van der Waals surface area (Å²) in [5, 5.41) is 3.45. The van der Waals surface area contributed by atoms with Crippen LogP contribution in [0.5, 0.6) is 0 Å². The molecule has 2 N–H and O–H groups in total. The maximum Gasteiger partial charge on any atom is 0.250 e. The van der Waals surface area contributed by atoms with Crippen molar-refractivity contribution in [2.45, 2.75) is 39.2 Å². The van der Waals surface area contributed by atoms with E-state index >= 15 is 0 Å². The van der Waals surface area contributed by atoms with Crippen molar-refractivity contribution in [3.8, 4) is 0 Å². The first-order chi connectivity index (χ1) is 18.6. The summed E-state index contributed by atoms with van der Waals surface area (Å²) in [6, 6.07) is 9.51. The molecule has 1 aromatic carbocycles. The number of nitrogens with zero attached hydrogens (tertiary/aromatic N) is 3. The average Bonchev–Trinajstić information content (AvgIpc) is 3.24. The summed E-state index contributed by atoms with van der Waals surface area (Å²) >= 11 is 0. The Balaban J connectivity index is 1.52. The quantitative estimate of drug-likeness (QED) is 0.386. The smallest absolute Gasteiger partial charge is 0.250 e. The fourth-order valence-corrected chi connectivity index (χ4v) is 6.67. The van der Waals surface area contributed by atoms with Crippen LogP contribution in [0.4, 0.5) is 17.2 Å². The number of hydrogen-bond donors (Lipinski definition) is 2. The number of pyridine rings is 1. The van der Waals surface area contributed by atoms with Crippen molar-refractivity contribution in [3.63, 3.8) is 0 Å². The second kappa shape index (κ2) is 12.5. The second-order valence-corrected chi connectivity index (χ2v) is 13.4. The topological polar surface area (TPSA) is 121 Å². The van der Waals surface area contributed by atoms with Crippen LogP contribution in [0.2, 0.25) is 0 Å². The zero-order valence-corrected chi connectivity index (χ0v) is 24.8. The molecule has 39 heavy (non-hydrogen) atoms. The minimum Gasteiger partial charge on any atom is -0.380 e. The first kappa shape index (κ1) is 29.1. The predicted molar refractivity (Wildman–Crippen MR) is 158 cm³/mol. The summed E-state index contributed by atoms with van der Waals surface area (Å²) in [6.07, 6.45) is 5.62. The molecule has 1 aromatic heterocycles. The third kappa shape index (κ3) is 7.41. The van der Waals surface area contributed by atoms with Crippen LogP contribution in [0.3, 0.4) is 0 Å². The van der Waals surface area contributed by atoms with E-state index < -0.39 is 18.1 Å². The molecule has 1 saturated heterocycles. The van der Waals surface area contributed by atoms with E-state index in [1.807, 2.05) is 36.1 Å². The van der Waals surface area contributed by atoms with Gasteiger partial charge in [0, 0.05) is 61.8 Å². The van der Waals surface area contributed by atoms with Gasteiger partial charge in [-0.3, -0.25) is 14.1 Å². The summed E-state index contributed by atoms with van der Waals surface area (Å²) in [5.41, 5.74) is 3.79. The number of amides is 1. The van der Waals surface area contributed by atoms with Crippen LogP contribution < -0.4 is 14.9 Å². The molecular weight excluding hydrogens is 537 g/mol. The van der Waals surface area contributed by atoms with Crippen molar-refractivity contribution in [2.75, 3.05) is 60.1 Å². The Morgan fingerprint density at radius 1 is 1.21 bits per heavy atom. The summed E-state index contributed by atoms with van der Waals surface area (Å²) < 4.78 is 43.6. The number of benzene rings is 1. The molecule has 0 spiro atoms. The Morgan fingerprint density at radius 3 is 2.62 bits per heavy atom. The van der Waals surface area contributed by atoms with E-state index in [0.29, 0.717) is 56.6 Å². The predicted octanol–water partition coefficient (Wildman–Crippen LogP) is 4.00. The third-order valence-electron chi connectivity index (χ3n) is 6.74. The molecule has 1 aliphatic heterocycles. The monoisotopic (exact) mass is 575 g/mol. The van der Waals surface area contributed by atoms with E-state index in [0.717, 1.165) is 28.9 Å². The summed E-state index contributed by atoms with van der Waals surface area (Å²) in [6.45, 7) is 8.77. The zero-order valence-electron chi connectivity index (χ0n) is 22.9. The van der Waals surface area contributed by atoms with Gasteiger partial charge in [0.2, 0.25) is 10.0 Å². The first-order valence-corrected chi connectivity index (χ1v) is 16.7. The lowest BCUT2D eigenvalue weighted by Gasteiger charge is -2.37. The molecule has 2 atom stereocenters. The van der Waals surface area contributed by atoms with Crippen LogP contribution in [0, 0.1) is 0 Å². The SMILES string of the molecule is CCO[PH](=O)CCC1C(C(=O)N2CCN(c3ncccc3NC(C)C)CC2)=Cc2cc(NS(C)(=O)=O)ccc21. The van der Waals surface area contributed by atoms with Crippen LogP contribution in [-0.4, -0.2) is 75.5 Å². The van der Waals surface area contributed by atoms with Gasteiger partial charge >= 0.3 is 0 Å². The van der Waals surface area contributed by atoms with Gasteiger partial charge in [-0.15, -0.1) is 0 Å². The fraction of sp³-hybridized carbons (Fsp3) is 0.481. The average molecular weight is 576 g/mol. The Bertz CT molecular complexity index is 1360. The molecule has 0 radical (unpaired) electrons. The molecule has 2 aromatic rings. The van der Waals surface area contributed by atoms with E-state index in [1.54, 1.807) is 18.3 Å². The van der Waals surface area contributed by atoms with Crippen molar-refractivity contribution in [3.05, 3.63) is 53.2 Å². The highest BCUT2D eigenvalue weighted by atomic mass is 32.2. The maximum atomic E-state index is 13.8. The number of rotatable bonds is 11. The number of anilines is 3. The molecule has 4 rings (SSSR count). The number of nitrogens with one attached hydrogen (secondary N) is 2. The lowest BCUT2D eigenvalue weighted by molar-refractivity contribution is -0.127. The van der Waals surface area contributed by atoms with Crippen molar-refractivity contribution in [1.29, 1.82) is 0 Å². The van der Waals surface area contributed by atoms with Gasteiger partial charge in [0.05, 0.1) is 18.6 Å². The summed E-state index contributed by atoms with van der Waals surface area (Å²) in [7, 11) is -5.63. The highest BCUT2D eigenvalue weighted by Gasteiger charge is 2.34. The number of hydrogen-bond acceptors (Lipinski definition) is 8. The highest BCUT2D eigenvalue weighted by Crippen LogP contribution is 2.43. The summed E-state index contributed by atoms with van der Waals surface area (Å²) in [5.74, 6) is 0.603. The molecule has 0 saturated carbocycles. The molecule has 1 fully saturated rings. The van der Waals surface area contributed by atoms with Crippen LogP contribution >= 0.6 is 8.03 Å². The van der Waals surface area contributed by atoms with E-state index in [1.165, 1.54) is 0 Å². The van der Waals surface area contributed by atoms with Gasteiger partial charge < -0.3 is 19.6 Å². The Hall–Kier alpha value is -2.88. The fourth-order valence-electron chi connectivity index (χ4n) is 5.12. The summed E-state index contributed by atoms with van der Waals surface area (Å²) in [4.78, 5) is 22.5. The molecule has 212 valence electrons. The molecular formula is C27H38N5O5PS. The molecule has 1 amide bonds. The van der Waals surface area contributed by atoms with Crippen molar-refractivity contribution < 1.29 is 22.3 Å². The van der Waals surface area contributed by atoms with E-state index in [-0.39, 0.29) is 17.9 Å². The number of fused-ring (bicyclic) bond motifs is 1. The van der Waals surface area contributed by atoms with Gasteiger partial charge in [-0.25, -0.2) is 13.4 Å². The van der Waals surface area contributed by atoms with Crippen LogP contribution in [0.15, 0.2) is 42.1 Å². The van der Waals surface area contributed by atoms with Crippen LogP contribution in [-0.2, 0) is 23.9 Å². The standard InChI is InChI=1S/C27H38N5O5PS/c1-5-37-38(34)16-10-23-22-9-8-21(30-39(4,35)36)17-20(22)18-24(23)27(33)32-14-12-31(13-15-32)26-25(29-19(2)3)7-6-11-28-26/h6-9,11,17-19,23,29-30,38H,5,10,12-16H2,1-4H3. The van der Waals surface area contributed by atoms with Crippen molar-refractivity contribution in [1.82, 2.24) is 9.88 Å². The lowest BCUT2D eigenvalue weighted by Crippen LogP contribution is -2.49. The largest absolute Gasteiger partial charge is 0.380 e. The molecule has 2 heterocycles. The second-order valence-electron chi connectivity index (χ2n) is 10.2. The number of piperazine rings is 1. The van der Waals surface area contributed by atoms with Gasteiger partial charge in [-0.1, -0.05) is 6.07 Å². The zero-order chi connectivity index (χ0) is 28.2. The van der Waals surface area contributed by atoms with Crippen LogP contribution in [0.25, 0.3) is 6.08 Å². The Kier molecular flexibility index (Phi) is 9.35. The third-order valence-corrected chi connectivity index (χ3v) is 8.65. The first-order valence-electron chi connectivity index (χ1n) is 13.3. The lowest BCUT2D eigenvalue weighted by atomic mass is 9.92. The van der Waals surface area contributed by atoms with Crippen molar-refractivity contribution in [2.24, 2.45) is 0 Å². The number of carbonyl (C=O) groups excluding carboxylic acids is 1. The van der Waals surface area contributed by atoms with Gasteiger partial charge in [-0.05, 0) is 68.7 Å². The van der Waals surface area contributed by atoms with Gasteiger partial charge in [0.25, 0.3) is 5.91 Å². The molecule has 2 unspecified atom stereocenters. The maximum absolute atomic E-state index is 13.8. The number of sulfonamides is 1. The minimum absolute atomic E-state index is 0.0499. The van der Waals surface area contributed by atoms with E-state index in [4.69, 9.17) is 4.52 Å². The van der Waals surface area contributed by atoms with Crippen LogP contribution in [0.1, 0.15) is 44.2 Å². The number of carbonyl (C=O) groups is 1. The van der Waals surface area contributed by atoms with E-state index in [9.17, 15) is 17.8 Å². The minimum atomic E-state index is -3.43. The Morgan fingerprint density at radius 2 is 1.95 bits per heavy atom. The van der Waals surface area contributed by atoms with E-state index in [2.05, 4.69) is 33.8 Å². The molecule has 12 heteroatoms.